The molecule has 8 nitrogen and oxygen atoms in total. The Bertz CT molecular complexity index is 995. The van der Waals surface area contributed by atoms with Gasteiger partial charge in [-0.1, -0.05) is 6.07 Å². The molecule has 140 valence electrons. The number of aromatic nitrogens is 2. The molecule has 3 heterocycles. The summed E-state index contributed by atoms with van der Waals surface area (Å²) in [7, 11) is 1.44. The number of ether oxygens (including phenoxy) is 1. The first-order chi connectivity index (χ1) is 12.9. The van der Waals surface area contributed by atoms with Gasteiger partial charge in [0.25, 0.3) is 11.5 Å². The minimum Gasteiger partial charge on any atom is -0.372 e. The normalized spacial score (nSPS) is 20.4. The number of amides is 1. The summed E-state index contributed by atoms with van der Waals surface area (Å²) in [6.07, 6.45) is 2.86. The Labute approximate surface area is 156 Å². The topological polar surface area (TPSA) is 99.7 Å². The van der Waals surface area contributed by atoms with E-state index in [1.165, 1.54) is 17.5 Å². The monoisotopic (exact) mass is 367 g/mol. The van der Waals surface area contributed by atoms with Gasteiger partial charge in [0.15, 0.2) is 0 Å². The lowest BCUT2D eigenvalue weighted by Crippen LogP contribution is -2.46. The molecule has 3 rings (SSSR count). The number of nitriles is 1. The molecule has 1 saturated heterocycles. The number of rotatable bonds is 3. The number of anilines is 1. The highest BCUT2D eigenvalue weighted by molar-refractivity contribution is 6.02. The van der Waals surface area contributed by atoms with E-state index in [2.05, 4.69) is 10.3 Å². The highest BCUT2D eigenvalue weighted by Gasteiger charge is 2.26. The summed E-state index contributed by atoms with van der Waals surface area (Å²) in [4.78, 5) is 31.7. The fourth-order valence-electron chi connectivity index (χ4n) is 3.24. The van der Waals surface area contributed by atoms with Crippen LogP contribution in [-0.4, -0.2) is 47.6 Å². The molecule has 1 aliphatic rings. The Morgan fingerprint density at radius 3 is 2.70 bits per heavy atom. The third-order valence-electron chi connectivity index (χ3n) is 4.35. The fraction of sp³-hybridized carbons (Fsp3) is 0.368. The number of carbonyl (C=O) groups excluding carboxylic acids is 1. The van der Waals surface area contributed by atoms with Crippen molar-refractivity contribution in [2.24, 2.45) is 0 Å². The summed E-state index contributed by atoms with van der Waals surface area (Å²) in [6.45, 7) is 5.03. The van der Waals surface area contributed by atoms with Crippen LogP contribution >= 0.6 is 0 Å². The molecule has 27 heavy (non-hydrogen) atoms. The Balaban J connectivity index is 2.25. The van der Waals surface area contributed by atoms with Gasteiger partial charge in [0.2, 0.25) is 0 Å². The molecule has 0 aliphatic carbocycles. The number of fused-ring (bicyclic) bond motifs is 1. The molecule has 0 unspecified atom stereocenters. The zero-order chi connectivity index (χ0) is 19.6. The van der Waals surface area contributed by atoms with Gasteiger partial charge in [-0.3, -0.25) is 14.0 Å². The maximum absolute atomic E-state index is 13.1. The Morgan fingerprint density at radius 1 is 1.37 bits per heavy atom. The molecule has 0 saturated carbocycles. The number of morpholine rings is 1. The summed E-state index contributed by atoms with van der Waals surface area (Å²) < 4.78 is 7.17. The molecule has 0 aromatic carbocycles. The van der Waals surface area contributed by atoms with Gasteiger partial charge in [-0.25, -0.2) is 4.98 Å². The minimum absolute atomic E-state index is 0.0315. The molecule has 2 aromatic rings. The standard InChI is InChI=1S/C19H21N5O3/c1-12-10-23(11-13(2)27-12)17-15(8-14(9-20)18(25)21-3)19(26)24-7-5-4-6-16(24)22-17/h4-8,12-13H,10-11H2,1-3H3,(H,21,25)/b14-8+/t12-,13-/m0/s1. The van der Waals surface area contributed by atoms with E-state index in [0.717, 1.165) is 0 Å². The van der Waals surface area contributed by atoms with Crippen LogP contribution in [-0.2, 0) is 9.53 Å². The van der Waals surface area contributed by atoms with Crippen LogP contribution in [0.3, 0.4) is 0 Å². The molecule has 2 aromatic heterocycles. The molecule has 1 fully saturated rings. The van der Waals surface area contributed by atoms with E-state index >= 15 is 0 Å². The number of carbonyl (C=O) groups is 1. The zero-order valence-corrected chi connectivity index (χ0v) is 15.5. The zero-order valence-electron chi connectivity index (χ0n) is 15.5. The van der Waals surface area contributed by atoms with Crippen molar-refractivity contribution in [3.63, 3.8) is 0 Å². The van der Waals surface area contributed by atoms with Crippen LogP contribution in [0.5, 0.6) is 0 Å². The van der Waals surface area contributed by atoms with E-state index in [-0.39, 0.29) is 28.9 Å². The molecule has 0 bridgehead atoms. The average molecular weight is 367 g/mol. The second-order valence-electron chi connectivity index (χ2n) is 6.49. The van der Waals surface area contributed by atoms with Crippen LogP contribution in [0.2, 0.25) is 0 Å². The number of pyridine rings is 1. The number of nitrogens with zero attached hydrogens (tertiary/aromatic N) is 4. The summed E-state index contributed by atoms with van der Waals surface area (Å²) in [5, 5.41) is 11.7. The number of hydrogen-bond acceptors (Lipinski definition) is 6. The second kappa shape index (κ2) is 7.60. The lowest BCUT2D eigenvalue weighted by Gasteiger charge is -2.36. The van der Waals surface area contributed by atoms with Crippen molar-refractivity contribution in [1.29, 1.82) is 5.26 Å². The SMILES string of the molecule is CNC(=O)/C(C#N)=C/c1c(N2C[C@H](C)O[C@@H](C)C2)nc2ccccn2c1=O. The van der Waals surface area contributed by atoms with Gasteiger partial charge in [0, 0.05) is 26.3 Å². The quantitative estimate of drug-likeness (QED) is 0.641. The molecular formula is C19H21N5O3. The Morgan fingerprint density at radius 2 is 2.07 bits per heavy atom. The number of nitrogens with one attached hydrogen (secondary N) is 1. The van der Waals surface area contributed by atoms with E-state index in [9.17, 15) is 14.9 Å². The molecule has 1 amide bonds. The van der Waals surface area contributed by atoms with Crippen LogP contribution in [0.15, 0.2) is 34.8 Å². The molecule has 8 heteroatoms. The molecule has 2 atom stereocenters. The predicted octanol–water partition coefficient (Wildman–Crippen LogP) is 0.961. The van der Waals surface area contributed by atoms with E-state index in [1.54, 1.807) is 24.4 Å². The summed E-state index contributed by atoms with van der Waals surface area (Å²) in [5.74, 6) is -0.102. The molecule has 1 aliphatic heterocycles. The molecule has 1 N–H and O–H groups in total. The lowest BCUT2D eigenvalue weighted by molar-refractivity contribution is -0.116. The molecular weight excluding hydrogens is 346 g/mol. The van der Waals surface area contributed by atoms with E-state index < -0.39 is 5.91 Å². The van der Waals surface area contributed by atoms with Crippen molar-refractivity contribution < 1.29 is 9.53 Å². The third-order valence-corrected chi connectivity index (χ3v) is 4.35. The fourth-order valence-corrected chi connectivity index (χ4v) is 3.24. The first-order valence-corrected chi connectivity index (χ1v) is 8.70. The van der Waals surface area contributed by atoms with E-state index in [4.69, 9.17) is 4.74 Å². The highest BCUT2D eigenvalue weighted by Crippen LogP contribution is 2.23. The van der Waals surface area contributed by atoms with Crippen LogP contribution in [0, 0.1) is 11.3 Å². The van der Waals surface area contributed by atoms with Crippen LogP contribution in [0.25, 0.3) is 11.7 Å². The average Bonchev–Trinajstić information content (AvgIpc) is 2.66. The van der Waals surface area contributed by atoms with Gasteiger partial charge in [-0.15, -0.1) is 0 Å². The van der Waals surface area contributed by atoms with Crippen molar-refractivity contribution in [2.75, 3.05) is 25.0 Å². The smallest absolute Gasteiger partial charge is 0.267 e. The minimum atomic E-state index is -0.551. The maximum atomic E-state index is 13.1. The van der Waals surface area contributed by atoms with Gasteiger partial charge in [0.05, 0.1) is 17.8 Å². The van der Waals surface area contributed by atoms with Crippen molar-refractivity contribution >= 4 is 23.4 Å². The second-order valence-corrected chi connectivity index (χ2v) is 6.49. The van der Waals surface area contributed by atoms with Crippen LogP contribution < -0.4 is 15.8 Å². The van der Waals surface area contributed by atoms with Crippen LogP contribution in [0.4, 0.5) is 5.82 Å². The predicted molar refractivity (Wildman–Crippen MR) is 101 cm³/mol. The third kappa shape index (κ3) is 3.68. The van der Waals surface area contributed by atoms with Crippen molar-refractivity contribution in [3.8, 4) is 6.07 Å². The highest BCUT2D eigenvalue weighted by atomic mass is 16.5. The first-order valence-electron chi connectivity index (χ1n) is 8.70. The Hall–Kier alpha value is -3.18. The van der Waals surface area contributed by atoms with Gasteiger partial charge in [0.1, 0.15) is 23.1 Å². The van der Waals surface area contributed by atoms with E-state index in [1.807, 2.05) is 24.8 Å². The maximum Gasteiger partial charge on any atom is 0.267 e. The van der Waals surface area contributed by atoms with E-state index in [0.29, 0.717) is 24.6 Å². The first kappa shape index (κ1) is 18.6. The van der Waals surface area contributed by atoms with Crippen molar-refractivity contribution in [2.45, 2.75) is 26.1 Å². The summed E-state index contributed by atoms with van der Waals surface area (Å²) in [5.41, 5.74) is 0.224. The van der Waals surface area contributed by atoms with Gasteiger partial charge in [-0.05, 0) is 32.1 Å². The summed E-state index contributed by atoms with van der Waals surface area (Å²) in [6, 6.07) is 7.13. The summed E-state index contributed by atoms with van der Waals surface area (Å²) >= 11 is 0. The number of hydrogen-bond donors (Lipinski definition) is 1. The van der Waals surface area contributed by atoms with Crippen molar-refractivity contribution in [1.82, 2.24) is 14.7 Å². The molecule has 0 spiro atoms. The lowest BCUT2D eigenvalue weighted by atomic mass is 10.1. The van der Waals surface area contributed by atoms with Gasteiger partial charge in [-0.2, -0.15) is 5.26 Å². The largest absolute Gasteiger partial charge is 0.372 e. The van der Waals surface area contributed by atoms with Crippen molar-refractivity contribution in [3.05, 3.63) is 45.9 Å². The Kier molecular flexibility index (Phi) is 5.23. The van der Waals surface area contributed by atoms with Crippen LogP contribution in [0.1, 0.15) is 19.4 Å². The molecule has 0 radical (unpaired) electrons. The number of likely N-dealkylation sites (N-methyl/N-ethyl adjacent to an activating group) is 1. The van der Waals surface area contributed by atoms with Gasteiger partial charge >= 0.3 is 0 Å². The van der Waals surface area contributed by atoms with Gasteiger partial charge < -0.3 is 15.0 Å².